The first kappa shape index (κ1) is 26.2. The molecule has 3 heteroatoms. The third-order valence-corrected chi connectivity index (χ3v) is 9.06. The molecule has 0 unspecified atom stereocenters. The Morgan fingerprint density at radius 1 is 1.21 bits per heavy atom. The molecule has 0 heterocycles. The van der Waals surface area contributed by atoms with Crippen LogP contribution in [0, 0.1) is 29.1 Å². The van der Waals surface area contributed by atoms with Crippen LogP contribution in [0.2, 0.25) is 0 Å². The molecule has 3 aliphatic carbocycles. The first-order chi connectivity index (χ1) is 15.5. The highest BCUT2D eigenvalue weighted by Crippen LogP contribution is 2.60. The molecule has 0 bridgehead atoms. The molecule has 0 aromatic rings. The Bertz CT molecular complexity index is 816. The zero-order valence-electron chi connectivity index (χ0n) is 21.5. The molecule has 0 aliphatic heterocycles. The molecular weight excluding hydrogens is 408 g/mol. The summed E-state index contributed by atoms with van der Waals surface area (Å²) in [5.41, 5.74) is 3.35. The topological polar surface area (TPSA) is 49.7 Å². The number of aliphatic hydroxyl groups excluding tert-OH is 2. The van der Waals surface area contributed by atoms with E-state index in [1.54, 1.807) is 12.7 Å². The lowest BCUT2D eigenvalue weighted by atomic mass is 9.59. The van der Waals surface area contributed by atoms with Crippen molar-refractivity contribution in [2.75, 3.05) is 7.11 Å². The van der Waals surface area contributed by atoms with Gasteiger partial charge in [-0.2, -0.15) is 0 Å². The second-order valence-electron chi connectivity index (χ2n) is 11.5. The van der Waals surface area contributed by atoms with E-state index in [1.807, 2.05) is 0 Å². The van der Waals surface area contributed by atoms with Gasteiger partial charge in [0.15, 0.2) is 0 Å². The van der Waals surface area contributed by atoms with Gasteiger partial charge in [-0.3, -0.25) is 0 Å². The molecule has 3 aliphatic rings. The van der Waals surface area contributed by atoms with E-state index in [2.05, 4.69) is 71.2 Å². The predicted octanol–water partition coefficient (Wildman–Crippen LogP) is 6.55. The Morgan fingerprint density at radius 2 is 1.94 bits per heavy atom. The van der Waals surface area contributed by atoms with Crippen molar-refractivity contribution in [3.05, 3.63) is 60.3 Å². The van der Waals surface area contributed by atoms with Gasteiger partial charge in [0.25, 0.3) is 0 Å². The van der Waals surface area contributed by atoms with Gasteiger partial charge < -0.3 is 14.9 Å². The first-order valence-electron chi connectivity index (χ1n) is 12.8. The third kappa shape index (κ3) is 5.63. The van der Waals surface area contributed by atoms with Crippen LogP contribution in [0.3, 0.4) is 0 Å². The van der Waals surface area contributed by atoms with E-state index in [4.69, 9.17) is 4.74 Å². The lowest BCUT2D eigenvalue weighted by Crippen LogP contribution is -2.37. The summed E-state index contributed by atoms with van der Waals surface area (Å²) >= 11 is 0. The highest BCUT2D eigenvalue weighted by molar-refractivity contribution is 5.38. The summed E-state index contributed by atoms with van der Waals surface area (Å²) in [7, 11) is 1.76. The van der Waals surface area contributed by atoms with Crippen molar-refractivity contribution in [2.45, 2.75) is 90.4 Å². The van der Waals surface area contributed by atoms with Crippen molar-refractivity contribution < 1.29 is 14.9 Å². The molecule has 0 spiro atoms. The summed E-state index contributed by atoms with van der Waals surface area (Å²) in [6.07, 6.45) is 17.1. The Kier molecular flexibility index (Phi) is 8.30. The minimum absolute atomic E-state index is 0.262. The fraction of sp³-hybridized carbons (Fsp3) is 0.667. The zero-order chi connectivity index (χ0) is 24.4. The van der Waals surface area contributed by atoms with Gasteiger partial charge in [0, 0.05) is 13.5 Å². The summed E-state index contributed by atoms with van der Waals surface area (Å²) in [6.45, 7) is 17.3. The van der Waals surface area contributed by atoms with Crippen LogP contribution in [0.5, 0.6) is 0 Å². The van der Waals surface area contributed by atoms with Crippen molar-refractivity contribution in [3.63, 3.8) is 0 Å². The van der Waals surface area contributed by atoms with Crippen LogP contribution in [0.4, 0.5) is 0 Å². The molecule has 184 valence electrons. The first-order valence-corrected chi connectivity index (χ1v) is 12.8. The lowest BCUT2D eigenvalue weighted by Gasteiger charge is -2.45. The Labute approximate surface area is 202 Å². The van der Waals surface area contributed by atoms with Crippen molar-refractivity contribution in [1.29, 1.82) is 0 Å². The number of allylic oxidation sites excluding steroid dienone is 5. The predicted molar refractivity (Wildman–Crippen MR) is 138 cm³/mol. The molecule has 3 fully saturated rings. The van der Waals surface area contributed by atoms with Gasteiger partial charge in [-0.25, -0.2) is 0 Å². The number of fused-ring (bicyclic) bond motifs is 1. The minimum Gasteiger partial charge on any atom is -0.393 e. The second-order valence-corrected chi connectivity index (χ2v) is 11.5. The number of ether oxygens (including phenoxy) is 1. The molecule has 3 nitrogen and oxygen atoms in total. The Hall–Kier alpha value is -1.42. The molecule has 0 amide bonds. The van der Waals surface area contributed by atoms with Gasteiger partial charge in [-0.15, -0.1) is 6.58 Å². The quantitative estimate of drug-likeness (QED) is 0.429. The van der Waals surface area contributed by atoms with E-state index >= 15 is 0 Å². The number of hydrogen-bond acceptors (Lipinski definition) is 3. The summed E-state index contributed by atoms with van der Waals surface area (Å²) < 4.78 is 5.58. The van der Waals surface area contributed by atoms with E-state index in [-0.39, 0.29) is 5.60 Å². The standard InChI is InChI=1S/C30H46O3/c1-8-22(15-17-29(4,5)33-7)20(2)26-13-14-27-23(10-9-16-30(26,27)6)11-12-24-18-25(31)19-28(32)21(24)3/h8,11-12,15,17,20,22,25-28,31-32H,1,3,9-10,13-14,16,18-19H2,2,4-7H3/b17-15+,23-11+,24-12-/t20-,22+,25-,26-,27+,28+,30-/m1/s1. The number of rotatable bonds is 7. The molecule has 2 N–H and O–H groups in total. The van der Waals surface area contributed by atoms with E-state index in [9.17, 15) is 10.2 Å². The maximum Gasteiger partial charge on any atom is 0.0811 e. The largest absolute Gasteiger partial charge is 0.393 e. The molecule has 3 rings (SSSR count). The molecular formula is C30H46O3. The summed E-state index contributed by atoms with van der Waals surface area (Å²) in [4.78, 5) is 0. The molecule has 0 radical (unpaired) electrons. The van der Waals surface area contributed by atoms with E-state index in [0.29, 0.717) is 41.9 Å². The molecule has 0 aromatic heterocycles. The molecule has 0 saturated heterocycles. The van der Waals surface area contributed by atoms with Crippen LogP contribution in [0.1, 0.15) is 72.6 Å². The van der Waals surface area contributed by atoms with Gasteiger partial charge in [-0.1, -0.05) is 56.4 Å². The van der Waals surface area contributed by atoms with Gasteiger partial charge in [0.1, 0.15) is 0 Å². The average Bonchev–Trinajstić information content (AvgIpc) is 3.12. The van der Waals surface area contributed by atoms with Crippen LogP contribution in [-0.2, 0) is 4.74 Å². The normalized spacial score (nSPS) is 37.5. The van der Waals surface area contributed by atoms with Gasteiger partial charge in [0.05, 0.1) is 17.8 Å². The molecule has 33 heavy (non-hydrogen) atoms. The highest BCUT2D eigenvalue weighted by Gasteiger charge is 2.51. The summed E-state index contributed by atoms with van der Waals surface area (Å²) in [5, 5.41) is 20.3. The van der Waals surface area contributed by atoms with Crippen LogP contribution < -0.4 is 0 Å². The number of aliphatic hydroxyl groups is 2. The van der Waals surface area contributed by atoms with Crippen LogP contribution in [0.15, 0.2) is 60.3 Å². The maximum atomic E-state index is 10.2. The van der Waals surface area contributed by atoms with Crippen LogP contribution in [0.25, 0.3) is 0 Å². The van der Waals surface area contributed by atoms with Gasteiger partial charge >= 0.3 is 0 Å². The SMILES string of the molecule is C=C[C@@H](/C=C/C(C)(C)OC)[C@@H](C)[C@H]1CC[C@H]2/C(=C/C=C3/C[C@@H](O)C[C@H](O)C3=C)CCC[C@]12C. The Balaban J connectivity index is 1.80. The minimum atomic E-state index is -0.626. The van der Waals surface area contributed by atoms with Crippen molar-refractivity contribution in [2.24, 2.45) is 29.1 Å². The van der Waals surface area contributed by atoms with Gasteiger partial charge in [0.2, 0.25) is 0 Å². The zero-order valence-corrected chi connectivity index (χ0v) is 21.5. The molecule has 7 atom stereocenters. The smallest absolute Gasteiger partial charge is 0.0811 e. The second kappa shape index (κ2) is 10.5. The van der Waals surface area contributed by atoms with Crippen molar-refractivity contribution in [3.8, 4) is 0 Å². The van der Waals surface area contributed by atoms with E-state index in [0.717, 1.165) is 17.6 Å². The number of hydrogen-bond donors (Lipinski definition) is 2. The summed E-state index contributed by atoms with van der Waals surface area (Å²) in [6, 6.07) is 0. The van der Waals surface area contributed by atoms with Crippen LogP contribution >= 0.6 is 0 Å². The summed E-state index contributed by atoms with van der Waals surface area (Å²) in [5.74, 6) is 2.13. The fourth-order valence-corrected chi connectivity index (χ4v) is 6.76. The number of methoxy groups -OCH3 is 1. The van der Waals surface area contributed by atoms with E-state index < -0.39 is 12.2 Å². The average molecular weight is 455 g/mol. The van der Waals surface area contributed by atoms with Crippen LogP contribution in [-0.4, -0.2) is 35.1 Å². The monoisotopic (exact) mass is 454 g/mol. The van der Waals surface area contributed by atoms with Crippen molar-refractivity contribution in [1.82, 2.24) is 0 Å². The van der Waals surface area contributed by atoms with Gasteiger partial charge in [-0.05, 0) is 92.6 Å². The Morgan fingerprint density at radius 3 is 2.61 bits per heavy atom. The van der Waals surface area contributed by atoms with Crippen molar-refractivity contribution >= 4 is 0 Å². The molecule has 3 saturated carbocycles. The lowest BCUT2D eigenvalue weighted by molar-refractivity contribution is 0.0640. The molecule has 0 aromatic carbocycles. The van der Waals surface area contributed by atoms with E-state index in [1.165, 1.54) is 25.7 Å². The third-order valence-electron chi connectivity index (χ3n) is 9.06. The fourth-order valence-electron chi connectivity index (χ4n) is 6.76. The highest BCUT2D eigenvalue weighted by atomic mass is 16.5. The maximum absolute atomic E-state index is 10.2.